The molecule has 2 aliphatic rings. The van der Waals surface area contributed by atoms with Crippen molar-refractivity contribution < 1.29 is 14.2 Å². The van der Waals surface area contributed by atoms with Gasteiger partial charge in [0, 0.05) is 26.1 Å². The monoisotopic (exact) mass is 315 g/mol. The van der Waals surface area contributed by atoms with Gasteiger partial charge in [-0.15, -0.1) is 12.4 Å². The molecule has 3 nitrogen and oxygen atoms in total. The predicted molar refractivity (Wildman–Crippen MR) is 82.4 cm³/mol. The Hall–Kier alpha value is -0.680. The fourth-order valence-corrected chi connectivity index (χ4v) is 3.41. The van der Waals surface area contributed by atoms with E-state index in [-0.39, 0.29) is 18.2 Å². The highest BCUT2D eigenvalue weighted by molar-refractivity contribution is 5.85. The van der Waals surface area contributed by atoms with Gasteiger partial charge in [-0.1, -0.05) is 6.07 Å². The van der Waals surface area contributed by atoms with Crippen LogP contribution < -0.4 is 5.32 Å². The van der Waals surface area contributed by atoms with Gasteiger partial charge in [0.1, 0.15) is 5.82 Å². The van der Waals surface area contributed by atoms with Gasteiger partial charge < -0.3 is 15.2 Å². The number of rotatable bonds is 2. The van der Waals surface area contributed by atoms with Crippen LogP contribution in [0.4, 0.5) is 4.39 Å². The van der Waals surface area contributed by atoms with Gasteiger partial charge in [-0.2, -0.15) is 0 Å². The van der Waals surface area contributed by atoms with Gasteiger partial charge in [0.05, 0.1) is 5.60 Å². The lowest BCUT2D eigenvalue weighted by atomic mass is 9.78. The summed E-state index contributed by atoms with van der Waals surface area (Å²) in [6, 6.07) is 4.87. The van der Waals surface area contributed by atoms with E-state index in [1.807, 2.05) is 0 Å². The molecular weight excluding hydrogens is 293 g/mol. The molecule has 0 spiro atoms. The molecule has 2 N–H and O–H groups in total. The maximum absolute atomic E-state index is 13.7. The second-order valence-electron chi connectivity index (χ2n) is 5.90. The summed E-state index contributed by atoms with van der Waals surface area (Å²) in [6.07, 6.45) is 3.19. The van der Waals surface area contributed by atoms with Crippen LogP contribution in [-0.4, -0.2) is 31.4 Å². The summed E-state index contributed by atoms with van der Waals surface area (Å²) in [7, 11) is 0. The molecule has 0 saturated carbocycles. The van der Waals surface area contributed by atoms with Crippen LogP contribution in [0.15, 0.2) is 18.2 Å². The number of nitrogens with one attached hydrogen (secondary N) is 1. The Morgan fingerprint density at radius 1 is 1.19 bits per heavy atom. The van der Waals surface area contributed by atoms with E-state index in [0.29, 0.717) is 32.0 Å². The third kappa shape index (κ3) is 3.57. The molecule has 5 heteroatoms. The van der Waals surface area contributed by atoms with Crippen molar-refractivity contribution in [2.45, 2.75) is 37.2 Å². The molecule has 0 aliphatic carbocycles. The fourth-order valence-electron chi connectivity index (χ4n) is 3.41. The molecule has 21 heavy (non-hydrogen) atoms. The summed E-state index contributed by atoms with van der Waals surface area (Å²) in [5, 5.41) is 14.3. The third-order valence-electron chi connectivity index (χ3n) is 4.61. The topological polar surface area (TPSA) is 41.5 Å². The van der Waals surface area contributed by atoms with Gasteiger partial charge in [-0.3, -0.25) is 0 Å². The Morgan fingerprint density at radius 3 is 2.52 bits per heavy atom. The van der Waals surface area contributed by atoms with Gasteiger partial charge in [0.2, 0.25) is 0 Å². The first-order chi connectivity index (χ1) is 9.69. The van der Waals surface area contributed by atoms with E-state index in [2.05, 4.69) is 5.32 Å². The van der Waals surface area contributed by atoms with Crippen LogP contribution in [0.5, 0.6) is 0 Å². The highest BCUT2D eigenvalue weighted by atomic mass is 35.5. The lowest BCUT2D eigenvalue weighted by Gasteiger charge is -2.36. The Bertz CT molecular complexity index is 471. The SMILES string of the molecule is Cl.OC1(c2ccc(F)cc2C2CCNCC2)CCOCC1. The molecular formula is C16H23ClFNO2. The van der Waals surface area contributed by atoms with Crippen LogP contribution in [0.2, 0.25) is 0 Å². The number of hydrogen-bond acceptors (Lipinski definition) is 3. The van der Waals surface area contributed by atoms with Crippen LogP contribution in [0, 0.1) is 5.82 Å². The van der Waals surface area contributed by atoms with Crippen LogP contribution in [-0.2, 0) is 10.3 Å². The second-order valence-corrected chi connectivity index (χ2v) is 5.90. The summed E-state index contributed by atoms with van der Waals surface area (Å²) < 4.78 is 19.0. The zero-order chi connectivity index (χ0) is 14.0. The maximum atomic E-state index is 13.7. The highest BCUT2D eigenvalue weighted by Crippen LogP contribution is 2.39. The Kier molecular flexibility index (Phi) is 5.60. The molecule has 118 valence electrons. The van der Waals surface area contributed by atoms with E-state index in [1.54, 1.807) is 12.1 Å². The molecule has 0 radical (unpaired) electrons. The molecule has 0 aromatic heterocycles. The van der Waals surface area contributed by atoms with Gasteiger partial charge >= 0.3 is 0 Å². The fraction of sp³-hybridized carbons (Fsp3) is 0.625. The maximum Gasteiger partial charge on any atom is 0.123 e. The molecule has 2 aliphatic heterocycles. The third-order valence-corrected chi connectivity index (χ3v) is 4.61. The van der Waals surface area contributed by atoms with Crippen LogP contribution in [0.3, 0.4) is 0 Å². The van der Waals surface area contributed by atoms with E-state index in [4.69, 9.17) is 4.74 Å². The summed E-state index contributed by atoms with van der Waals surface area (Å²) in [6.45, 7) is 3.06. The zero-order valence-electron chi connectivity index (χ0n) is 12.1. The zero-order valence-corrected chi connectivity index (χ0v) is 12.9. The van der Waals surface area contributed by atoms with Crippen molar-refractivity contribution >= 4 is 12.4 Å². The van der Waals surface area contributed by atoms with Gasteiger partial charge in [0.15, 0.2) is 0 Å². The second kappa shape index (κ2) is 7.05. The summed E-state index contributed by atoms with van der Waals surface area (Å²) in [5.74, 6) is 0.131. The van der Waals surface area contributed by atoms with E-state index < -0.39 is 5.60 Å². The van der Waals surface area contributed by atoms with Gasteiger partial charge in [0.25, 0.3) is 0 Å². The summed E-state index contributed by atoms with van der Waals surface area (Å²) in [5.41, 5.74) is 1.05. The van der Waals surface area contributed by atoms with Crippen molar-refractivity contribution in [2.75, 3.05) is 26.3 Å². The van der Waals surface area contributed by atoms with Crippen LogP contribution in [0.25, 0.3) is 0 Å². The minimum absolute atomic E-state index is 0. The van der Waals surface area contributed by atoms with E-state index in [9.17, 15) is 9.50 Å². The molecule has 0 amide bonds. The van der Waals surface area contributed by atoms with Crippen LogP contribution in [0.1, 0.15) is 42.7 Å². The molecule has 0 bridgehead atoms. The first-order valence-corrected chi connectivity index (χ1v) is 7.50. The standard InChI is InChI=1S/C16H22FNO2.ClH/c17-13-1-2-15(16(19)5-9-20-10-6-16)14(11-13)12-3-7-18-8-4-12;/h1-2,11-12,18-19H,3-10H2;1H. The molecule has 3 rings (SSSR count). The molecule has 2 fully saturated rings. The first kappa shape index (κ1) is 16.7. The lowest BCUT2D eigenvalue weighted by molar-refractivity contribution is -0.0686. The summed E-state index contributed by atoms with van der Waals surface area (Å²) in [4.78, 5) is 0. The Balaban J connectivity index is 0.00000161. The van der Waals surface area contributed by atoms with Gasteiger partial charge in [-0.05, 0) is 55.1 Å². The predicted octanol–water partition coefficient (Wildman–Crippen LogP) is 2.71. The number of hydrogen-bond donors (Lipinski definition) is 2. The van der Waals surface area contributed by atoms with Gasteiger partial charge in [-0.25, -0.2) is 4.39 Å². The lowest BCUT2D eigenvalue weighted by Crippen LogP contribution is -2.35. The average Bonchev–Trinajstić information content (AvgIpc) is 2.48. The largest absolute Gasteiger partial charge is 0.385 e. The van der Waals surface area contributed by atoms with E-state index >= 15 is 0 Å². The molecule has 2 saturated heterocycles. The highest BCUT2D eigenvalue weighted by Gasteiger charge is 2.35. The van der Waals surface area contributed by atoms with Crippen molar-refractivity contribution in [1.82, 2.24) is 5.32 Å². The molecule has 0 unspecified atom stereocenters. The molecule has 2 heterocycles. The first-order valence-electron chi connectivity index (χ1n) is 7.50. The molecule has 1 aromatic carbocycles. The number of benzene rings is 1. The number of halogens is 2. The van der Waals surface area contributed by atoms with E-state index in [0.717, 1.165) is 37.1 Å². The molecule has 1 aromatic rings. The Labute approximate surface area is 131 Å². The van der Waals surface area contributed by atoms with Crippen molar-refractivity contribution in [3.05, 3.63) is 35.1 Å². The number of piperidine rings is 1. The normalized spacial score (nSPS) is 22.6. The van der Waals surface area contributed by atoms with Crippen molar-refractivity contribution in [2.24, 2.45) is 0 Å². The summed E-state index contributed by atoms with van der Waals surface area (Å²) >= 11 is 0. The average molecular weight is 316 g/mol. The van der Waals surface area contributed by atoms with Crippen molar-refractivity contribution in [3.8, 4) is 0 Å². The molecule has 0 atom stereocenters. The van der Waals surface area contributed by atoms with Crippen molar-refractivity contribution in [3.63, 3.8) is 0 Å². The minimum atomic E-state index is -0.855. The van der Waals surface area contributed by atoms with Crippen LogP contribution >= 0.6 is 12.4 Å². The number of aliphatic hydroxyl groups is 1. The van der Waals surface area contributed by atoms with Crippen molar-refractivity contribution in [1.29, 1.82) is 0 Å². The number of ether oxygens (including phenoxy) is 1. The quantitative estimate of drug-likeness (QED) is 0.881. The minimum Gasteiger partial charge on any atom is -0.385 e. The smallest absolute Gasteiger partial charge is 0.123 e. The van der Waals surface area contributed by atoms with E-state index in [1.165, 1.54) is 6.07 Å². The Morgan fingerprint density at radius 2 is 1.86 bits per heavy atom.